The van der Waals surface area contributed by atoms with Crippen molar-refractivity contribution in [1.82, 2.24) is 9.55 Å². The Morgan fingerprint density at radius 2 is 2.14 bits per heavy atom. The molecule has 0 radical (unpaired) electrons. The summed E-state index contributed by atoms with van der Waals surface area (Å²) in [6, 6.07) is 0. The fourth-order valence-corrected chi connectivity index (χ4v) is 2.67. The molecule has 1 aliphatic heterocycles. The van der Waals surface area contributed by atoms with Crippen LogP contribution in [0.1, 0.15) is 33.1 Å². The summed E-state index contributed by atoms with van der Waals surface area (Å²) in [4.78, 5) is 28.1. The van der Waals surface area contributed by atoms with Crippen LogP contribution in [0.15, 0.2) is 9.59 Å². The van der Waals surface area contributed by atoms with Gasteiger partial charge in [-0.1, -0.05) is 20.3 Å². The van der Waals surface area contributed by atoms with Crippen LogP contribution in [0.2, 0.25) is 0 Å². The molecule has 7 nitrogen and oxygen atoms in total. The number of rotatable bonds is 4. The highest BCUT2D eigenvalue weighted by Gasteiger charge is 2.28. The lowest BCUT2D eigenvalue weighted by molar-refractivity contribution is 0.103. The van der Waals surface area contributed by atoms with E-state index in [0.29, 0.717) is 25.3 Å². The van der Waals surface area contributed by atoms with Gasteiger partial charge in [0, 0.05) is 19.6 Å². The molecular formula is C14H24N4O3. The molecule has 1 aromatic rings. The van der Waals surface area contributed by atoms with Gasteiger partial charge in [0.05, 0.1) is 6.10 Å². The average Bonchev–Trinajstić information content (AvgIpc) is 2.42. The minimum Gasteiger partial charge on any atom is -0.391 e. The Labute approximate surface area is 123 Å². The Morgan fingerprint density at radius 3 is 2.76 bits per heavy atom. The Balaban J connectivity index is 2.39. The number of unbranched alkanes of at least 4 members (excludes halogenated alkanes) is 1. The average molecular weight is 296 g/mol. The van der Waals surface area contributed by atoms with E-state index in [0.717, 1.165) is 19.3 Å². The van der Waals surface area contributed by atoms with E-state index in [9.17, 15) is 14.7 Å². The normalized spacial score (nSPS) is 22.5. The number of nitrogen functional groups attached to an aromatic ring is 1. The second-order valence-corrected chi connectivity index (χ2v) is 5.78. The lowest BCUT2D eigenvalue weighted by Gasteiger charge is -2.35. The molecule has 7 heteroatoms. The second kappa shape index (κ2) is 6.34. The number of nitrogens with zero attached hydrogens (tertiary/aromatic N) is 2. The van der Waals surface area contributed by atoms with Gasteiger partial charge in [0.1, 0.15) is 11.5 Å². The van der Waals surface area contributed by atoms with Crippen LogP contribution in [-0.4, -0.2) is 33.9 Å². The molecule has 1 saturated heterocycles. The van der Waals surface area contributed by atoms with Crippen LogP contribution in [0.3, 0.4) is 0 Å². The Morgan fingerprint density at radius 1 is 1.43 bits per heavy atom. The smallest absolute Gasteiger partial charge is 0.330 e. The van der Waals surface area contributed by atoms with Gasteiger partial charge in [-0.25, -0.2) is 4.79 Å². The van der Waals surface area contributed by atoms with Gasteiger partial charge in [0.2, 0.25) is 0 Å². The molecule has 0 aromatic carbocycles. The van der Waals surface area contributed by atoms with Crippen molar-refractivity contribution in [2.24, 2.45) is 5.92 Å². The zero-order valence-electron chi connectivity index (χ0n) is 12.6. The third-order valence-electron chi connectivity index (χ3n) is 4.18. The van der Waals surface area contributed by atoms with E-state index in [1.54, 1.807) is 4.90 Å². The monoisotopic (exact) mass is 296 g/mol. The summed E-state index contributed by atoms with van der Waals surface area (Å²) in [7, 11) is 0. The molecule has 2 heterocycles. The molecular weight excluding hydrogens is 272 g/mol. The van der Waals surface area contributed by atoms with Gasteiger partial charge < -0.3 is 15.7 Å². The first-order valence-corrected chi connectivity index (χ1v) is 7.51. The number of hydrogen-bond donors (Lipinski definition) is 3. The van der Waals surface area contributed by atoms with E-state index >= 15 is 0 Å². The van der Waals surface area contributed by atoms with Gasteiger partial charge in [-0.05, 0) is 18.8 Å². The van der Waals surface area contributed by atoms with Crippen LogP contribution in [0.25, 0.3) is 0 Å². The molecule has 0 aliphatic carbocycles. The summed E-state index contributed by atoms with van der Waals surface area (Å²) in [5, 5.41) is 9.99. The highest BCUT2D eigenvalue weighted by molar-refractivity contribution is 5.62. The zero-order valence-corrected chi connectivity index (χ0v) is 12.6. The second-order valence-electron chi connectivity index (χ2n) is 5.78. The van der Waals surface area contributed by atoms with Crippen LogP contribution in [0.5, 0.6) is 0 Å². The van der Waals surface area contributed by atoms with Crippen LogP contribution >= 0.6 is 0 Å². The summed E-state index contributed by atoms with van der Waals surface area (Å²) in [5.41, 5.74) is 5.41. The largest absolute Gasteiger partial charge is 0.391 e. The van der Waals surface area contributed by atoms with Crippen molar-refractivity contribution in [2.45, 2.75) is 45.8 Å². The van der Waals surface area contributed by atoms with Crippen molar-refractivity contribution in [2.75, 3.05) is 23.7 Å². The molecule has 1 aromatic heterocycles. The number of aromatic nitrogens is 2. The van der Waals surface area contributed by atoms with Crippen molar-refractivity contribution >= 4 is 11.5 Å². The van der Waals surface area contributed by atoms with Crippen molar-refractivity contribution in [3.8, 4) is 0 Å². The Hall–Kier alpha value is -1.76. The number of β-amino-alcohol motifs (C(OH)–C–C–N with tert-alkyl or cyclic N) is 1. The predicted molar refractivity (Wildman–Crippen MR) is 82.6 cm³/mol. The number of nitrogens with one attached hydrogen (secondary N) is 1. The molecule has 0 spiro atoms. The molecule has 0 amide bonds. The van der Waals surface area contributed by atoms with Gasteiger partial charge in [0.25, 0.3) is 5.56 Å². The molecule has 0 saturated carbocycles. The van der Waals surface area contributed by atoms with Gasteiger partial charge in [-0.2, -0.15) is 0 Å². The summed E-state index contributed by atoms with van der Waals surface area (Å²) in [5.74, 6) is 0.395. The summed E-state index contributed by atoms with van der Waals surface area (Å²) >= 11 is 0. The number of piperidine rings is 1. The quantitative estimate of drug-likeness (QED) is 0.732. The first-order chi connectivity index (χ1) is 9.95. The molecule has 2 rings (SSSR count). The molecule has 2 atom stereocenters. The van der Waals surface area contributed by atoms with Crippen LogP contribution in [0.4, 0.5) is 11.5 Å². The molecule has 2 unspecified atom stereocenters. The molecule has 118 valence electrons. The molecule has 4 N–H and O–H groups in total. The van der Waals surface area contributed by atoms with Gasteiger partial charge in [0.15, 0.2) is 0 Å². The van der Waals surface area contributed by atoms with Crippen molar-refractivity contribution in [3.63, 3.8) is 0 Å². The number of aromatic amines is 1. The minimum absolute atomic E-state index is 0.193. The predicted octanol–water partition coefficient (Wildman–Crippen LogP) is 0.126. The zero-order chi connectivity index (χ0) is 15.6. The maximum absolute atomic E-state index is 12.1. The van der Waals surface area contributed by atoms with E-state index in [2.05, 4.69) is 4.98 Å². The van der Waals surface area contributed by atoms with E-state index < -0.39 is 17.4 Å². The maximum Gasteiger partial charge on any atom is 0.330 e. The third kappa shape index (κ3) is 3.12. The van der Waals surface area contributed by atoms with Crippen LogP contribution in [0, 0.1) is 5.92 Å². The number of nitrogens with two attached hydrogens (primary N) is 1. The Bertz CT molecular complexity index is 607. The van der Waals surface area contributed by atoms with Gasteiger partial charge >= 0.3 is 5.69 Å². The highest BCUT2D eigenvalue weighted by atomic mass is 16.3. The summed E-state index contributed by atoms with van der Waals surface area (Å²) in [6.45, 7) is 5.50. The number of H-pyrrole nitrogens is 1. The Kier molecular flexibility index (Phi) is 4.72. The lowest BCUT2D eigenvalue weighted by Crippen LogP contribution is -2.47. The van der Waals surface area contributed by atoms with Gasteiger partial charge in [-0.3, -0.25) is 14.3 Å². The van der Waals surface area contributed by atoms with E-state index in [-0.39, 0.29) is 11.7 Å². The van der Waals surface area contributed by atoms with Crippen molar-refractivity contribution < 1.29 is 5.11 Å². The van der Waals surface area contributed by atoms with E-state index in [1.807, 2.05) is 13.8 Å². The highest BCUT2D eigenvalue weighted by Crippen LogP contribution is 2.24. The van der Waals surface area contributed by atoms with E-state index in [1.165, 1.54) is 4.57 Å². The van der Waals surface area contributed by atoms with Crippen LogP contribution in [-0.2, 0) is 6.54 Å². The maximum atomic E-state index is 12.1. The number of hydrogen-bond acceptors (Lipinski definition) is 5. The standard InChI is InChI=1S/C14H24N4O3/c1-3-4-6-18-12(15)11(13(20)16-14(18)21)17-7-5-9(2)10(19)8-17/h9-10,19H,3-8,15H2,1-2H3,(H,16,20,21). The van der Waals surface area contributed by atoms with Crippen molar-refractivity contribution in [1.29, 1.82) is 0 Å². The summed E-state index contributed by atoms with van der Waals surface area (Å²) in [6.07, 6.45) is 2.04. The first-order valence-electron chi connectivity index (χ1n) is 7.51. The van der Waals surface area contributed by atoms with E-state index in [4.69, 9.17) is 5.73 Å². The number of aliphatic hydroxyl groups is 1. The minimum atomic E-state index is -0.492. The lowest BCUT2D eigenvalue weighted by atomic mass is 9.96. The van der Waals surface area contributed by atoms with Gasteiger partial charge in [-0.15, -0.1) is 0 Å². The topological polar surface area (TPSA) is 104 Å². The first kappa shape index (κ1) is 15.6. The molecule has 0 bridgehead atoms. The third-order valence-corrected chi connectivity index (χ3v) is 4.18. The SMILES string of the molecule is CCCCn1c(N)c(N2CCC(C)C(O)C2)c(=O)[nH]c1=O. The summed E-state index contributed by atoms with van der Waals surface area (Å²) < 4.78 is 1.41. The fourth-order valence-electron chi connectivity index (χ4n) is 2.67. The fraction of sp³-hybridized carbons (Fsp3) is 0.714. The number of aliphatic hydroxyl groups excluding tert-OH is 1. The number of anilines is 2. The van der Waals surface area contributed by atoms with Crippen molar-refractivity contribution in [3.05, 3.63) is 20.8 Å². The molecule has 1 aliphatic rings. The molecule has 1 fully saturated rings. The molecule has 21 heavy (non-hydrogen) atoms. The van der Waals surface area contributed by atoms with Crippen LogP contribution < -0.4 is 21.9 Å².